The number of nitrogens with two attached hydrogens (primary N) is 1. The molecule has 1 aromatic rings. The van der Waals surface area contributed by atoms with Gasteiger partial charge in [-0.1, -0.05) is 32.0 Å². The largest absolute Gasteiger partial charge is 0.467 e. The van der Waals surface area contributed by atoms with E-state index in [1.165, 1.54) is 19.2 Å². The summed E-state index contributed by atoms with van der Waals surface area (Å²) in [4.78, 5) is 47.4. The van der Waals surface area contributed by atoms with Crippen molar-refractivity contribution in [3.05, 3.63) is 35.9 Å². The molecule has 8 nitrogen and oxygen atoms in total. The quantitative estimate of drug-likeness (QED) is 0.488. The molecular formula is C19H26N2O6. The van der Waals surface area contributed by atoms with Crippen molar-refractivity contribution >= 4 is 23.8 Å². The molecule has 8 heteroatoms. The van der Waals surface area contributed by atoms with E-state index in [2.05, 4.69) is 10.1 Å². The first-order valence-electron chi connectivity index (χ1n) is 8.68. The Morgan fingerprint density at radius 1 is 1.11 bits per heavy atom. The Labute approximate surface area is 158 Å². The number of hydrogen-bond acceptors (Lipinski definition) is 7. The van der Waals surface area contributed by atoms with Gasteiger partial charge in [0.25, 0.3) is 0 Å². The van der Waals surface area contributed by atoms with Crippen LogP contribution in [-0.4, -0.2) is 43.0 Å². The molecule has 0 spiro atoms. The van der Waals surface area contributed by atoms with Gasteiger partial charge < -0.3 is 20.5 Å². The van der Waals surface area contributed by atoms with Gasteiger partial charge in [0.05, 0.1) is 18.7 Å². The molecule has 2 unspecified atom stereocenters. The summed E-state index contributed by atoms with van der Waals surface area (Å²) in [7, 11) is 1.24. The van der Waals surface area contributed by atoms with Crippen molar-refractivity contribution in [2.45, 2.75) is 45.2 Å². The van der Waals surface area contributed by atoms with Crippen LogP contribution in [0, 0.1) is 5.92 Å². The normalized spacial score (nSPS) is 12.8. The fraction of sp³-hybridized carbons (Fsp3) is 0.474. The average Bonchev–Trinajstić information content (AvgIpc) is 2.65. The molecule has 1 aromatic carbocycles. The van der Waals surface area contributed by atoms with Crippen molar-refractivity contribution in [2.24, 2.45) is 11.7 Å². The summed E-state index contributed by atoms with van der Waals surface area (Å²) in [6, 6.07) is 6.25. The van der Waals surface area contributed by atoms with Crippen molar-refractivity contribution in [1.29, 1.82) is 0 Å². The minimum atomic E-state index is -1.02. The molecule has 0 bridgehead atoms. The third-order valence-electron chi connectivity index (χ3n) is 3.72. The second-order valence-electron chi connectivity index (χ2n) is 6.49. The van der Waals surface area contributed by atoms with E-state index in [0.29, 0.717) is 6.42 Å². The molecular weight excluding hydrogens is 352 g/mol. The summed E-state index contributed by atoms with van der Waals surface area (Å²) in [5, 5.41) is 2.53. The highest BCUT2D eigenvalue weighted by Gasteiger charge is 2.25. The summed E-state index contributed by atoms with van der Waals surface area (Å²) >= 11 is 0. The van der Waals surface area contributed by atoms with Gasteiger partial charge in [0, 0.05) is 6.42 Å². The maximum Gasteiger partial charge on any atom is 0.345 e. The van der Waals surface area contributed by atoms with Crippen LogP contribution in [0.4, 0.5) is 0 Å². The number of carbonyl (C=O) groups is 4. The first kappa shape index (κ1) is 22.3. The monoisotopic (exact) mass is 378 g/mol. The average molecular weight is 378 g/mol. The van der Waals surface area contributed by atoms with E-state index in [4.69, 9.17) is 10.5 Å². The molecule has 0 aliphatic rings. The number of esters is 3. The molecule has 0 fully saturated rings. The van der Waals surface area contributed by atoms with Gasteiger partial charge in [-0.2, -0.15) is 0 Å². The van der Waals surface area contributed by atoms with E-state index in [-0.39, 0.29) is 24.3 Å². The fourth-order valence-corrected chi connectivity index (χ4v) is 2.30. The van der Waals surface area contributed by atoms with Crippen LogP contribution < -0.4 is 11.1 Å². The van der Waals surface area contributed by atoms with Gasteiger partial charge in [0.15, 0.2) is 0 Å². The lowest BCUT2D eigenvalue weighted by Gasteiger charge is -2.20. The lowest BCUT2D eigenvalue weighted by molar-refractivity contribution is -0.146. The van der Waals surface area contributed by atoms with Crippen LogP contribution in [0.15, 0.2) is 30.3 Å². The summed E-state index contributed by atoms with van der Waals surface area (Å²) in [6.07, 6.45) is 0.168. The van der Waals surface area contributed by atoms with E-state index in [0.717, 1.165) is 0 Å². The molecule has 0 saturated carbocycles. The zero-order chi connectivity index (χ0) is 20.4. The second-order valence-corrected chi connectivity index (χ2v) is 6.49. The Morgan fingerprint density at radius 3 is 2.30 bits per heavy atom. The van der Waals surface area contributed by atoms with Crippen LogP contribution in [0.1, 0.15) is 43.5 Å². The zero-order valence-electron chi connectivity index (χ0n) is 15.8. The van der Waals surface area contributed by atoms with Gasteiger partial charge in [-0.25, -0.2) is 9.59 Å². The van der Waals surface area contributed by atoms with Gasteiger partial charge in [0.1, 0.15) is 6.04 Å². The molecule has 1 rings (SSSR count). The van der Waals surface area contributed by atoms with Crippen molar-refractivity contribution in [1.82, 2.24) is 5.32 Å². The number of ether oxygens (including phenoxy) is 2. The maximum atomic E-state index is 12.1. The van der Waals surface area contributed by atoms with Gasteiger partial charge in [-0.05, 0) is 30.9 Å². The first-order chi connectivity index (χ1) is 12.7. The minimum absolute atomic E-state index is 0.0255. The highest BCUT2D eigenvalue weighted by molar-refractivity contribution is 5.97. The third kappa shape index (κ3) is 8.00. The molecule has 0 saturated heterocycles. The van der Waals surface area contributed by atoms with Crippen LogP contribution in [0.5, 0.6) is 0 Å². The lowest BCUT2D eigenvalue weighted by Crippen LogP contribution is -2.49. The predicted molar refractivity (Wildman–Crippen MR) is 97.5 cm³/mol. The molecule has 0 radical (unpaired) electrons. The smallest absolute Gasteiger partial charge is 0.345 e. The van der Waals surface area contributed by atoms with Crippen LogP contribution in [-0.2, 0) is 23.9 Å². The topological polar surface area (TPSA) is 125 Å². The summed E-state index contributed by atoms with van der Waals surface area (Å²) in [5.74, 6) is -2.52. The Morgan fingerprint density at radius 2 is 1.74 bits per heavy atom. The molecule has 1 amide bonds. The number of benzene rings is 1. The highest BCUT2D eigenvalue weighted by Crippen LogP contribution is 2.08. The van der Waals surface area contributed by atoms with Crippen LogP contribution >= 0.6 is 0 Å². The van der Waals surface area contributed by atoms with Crippen molar-refractivity contribution < 1.29 is 28.7 Å². The number of carbonyl (C=O) groups excluding carboxylic acids is 4. The maximum absolute atomic E-state index is 12.1. The van der Waals surface area contributed by atoms with Gasteiger partial charge >= 0.3 is 17.9 Å². The minimum Gasteiger partial charge on any atom is -0.467 e. The molecule has 0 aromatic heterocycles. The van der Waals surface area contributed by atoms with E-state index in [9.17, 15) is 19.2 Å². The summed E-state index contributed by atoms with van der Waals surface area (Å²) < 4.78 is 9.39. The molecule has 0 heterocycles. The standard InChI is InChI=1S/C19H26N2O6/c1-12(2)11-15(19(25)26-3)21-17(23)14(20)9-10-16(22)27-18(24)13-7-5-4-6-8-13/h4-8,12,14-15H,9-11,20H2,1-3H3,(H,21,23). The molecule has 0 aliphatic carbocycles. The Kier molecular flexibility index (Phi) is 9.15. The molecule has 148 valence electrons. The highest BCUT2D eigenvalue weighted by atomic mass is 16.6. The Balaban J connectivity index is 2.48. The van der Waals surface area contributed by atoms with Crippen LogP contribution in [0.25, 0.3) is 0 Å². The zero-order valence-corrected chi connectivity index (χ0v) is 15.8. The van der Waals surface area contributed by atoms with Gasteiger partial charge in [-0.15, -0.1) is 0 Å². The van der Waals surface area contributed by atoms with Crippen molar-refractivity contribution in [2.75, 3.05) is 7.11 Å². The Hall–Kier alpha value is -2.74. The second kappa shape index (κ2) is 11.1. The van der Waals surface area contributed by atoms with Gasteiger partial charge in [0.2, 0.25) is 5.91 Å². The number of hydrogen-bond donors (Lipinski definition) is 2. The van der Waals surface area contributed by atoms with E-state index >= 15 is 0 Å². The molecule has 3 N–H and O–H groups in total. The van der Waals surface area contributed by atoms with Gasteiger partial charge in [-0.3, -0.25) is 9.59 Å². The fourth-order valence-electron chi connectivity index (χ4n) is 2.30. The van der Waals surface area contributed by atoms with E-state index < -0.39 is 35.9 Å². The number of amides is 1. The SMILES string of the molecule is COC(=O)C(CC(C)C)NC(=O)C(N)CCC(=O)OC(=O)c1ccccc1. The van der Waals surface area contributed by atoms with Crippen LogP contribution in [0.3, 0.4) is 0 Å². The van der Waals surface area contributed by atoms with E-state index in [1.54, 1.807) is 18.2 Å². The number of rotatable bonds is 9. The lowest BCUT2D eigenvalue weighted by atomic mass is 10.0. The predicted octanol–water partition coefficient (Wildman–Crippen LogP) is 1.18. The third-order valence-corrected chi connectivity index (χ3v) is 3.72. The summed E-state index contributed by atoms with van der Waals surface area (Å²) in [6.45, 7) is 3.81. The molecule has 2 atom stereocenters. The molecule has 0 aliphatic heterocycles. The molecule has 27 heavy (non-hydrogen) atoms. The number of methoxy groups -OCH3 is 1. The number of nitrogens with one attached hydrogen (secondary N) is 1. The van der Waals surface area contributed by atoms with Crippen molar-refractivity contribution in [3.63, 3.8) is 0 Å². The van der Waals surface area contributed by atoms with Crippen molar-refractivity contribution in [3.8, 4) is 0 Å². The van der Waals surface area contributed by atoms with Crippen LogP contribution in [0.2, 0.25) is 0 Å². The van der Waals surface area contributed by atoms with E-state index in [1.807, 2.05) is 13.8 Å². The summed E-state index contributed by atoms with van der Waals surface area (Å²) in [5.41, 5.74) is 6.02. The first-order valence-corrected chi connectivity index (χ1v) is 8.68. The Bertz CT molecular complexity index is 659.